The molecular formula is C18H17F5N2O3. The third-order valence-electron chi connectivity index (χ3n) is 3.24. The highest BCUT2D eigenvalue weighted by molar-refractivity contribution is 5.69. The number of amides is 1. The molecule has 0 bridgehead atoms. The fraction of sp³-hybridized carbons (Fsp3) is 0.333. The molecule has 0 saturated heterocycles. The molecule has 0 aliphatic rings. The van der Waals surface area contributed by atoms with E-state index in [1.54, 1.807) is 20.8 Å². The molecule has 1 aromatic heterocycles. The zero-order chi connectivity index (χ0) is 21.1. The van der Waals surface area contributed by atoms with E-state index in [0.717, 1.165) is 18.2 Å². The average Bonchev–Trinajstić information content (AvgIpc) is 2.52. The molecule has 152 valence electrons. The molecular weight excluding hydrogens is 387 g/mol. The number of carbonyl (C=O) groups excluding carboxylic acids is 1. The first-order valence-corrected chi connectivity index (χ1v) is 8.01. The summed E-state index contributed by atoms with van der Waals surface area (Å²) in [7, 11) is 0. The summed E-state index contributed by atoms with van der Waals surface area (Å²) in [6.07, 6.45) is -4.78. The Bertz CT molecular complexity index is 850. The lowest BCUT2D eigenvalue weighted by atomic mass is 10.0. The largest absolute Gasteiger partial charge is 0.573 e. The second-order valence-corrected chi connectivity index (χ2v) is 6.69. The molecule has 5 nitrogen and oxygen atoms in total. The fourth-order valence-corrected chi connectivity index (χ4v) is 2.25. The summed E-state index contributed by atoms with van der Waals surface area (Å²) in [4.78, 5) is 16.0. The van der Waals surface area contributed by atoms with Gasteiger partial charge in [-0.05, 0) is 50.6 Å². The number of hydrogen-bond acceptors (Lipinski definition) is 4. The minimum absolute atomic E-state index is 0.0597. The Morgan fingerprint density at radius 3 is 2.32 bits per heavy atom. The lowest BCUT2D eigenvalue weighted by Crippen LogP contribution is -2.36. The zero-order valence-corrected chi connectivity index (χ0v) is 15.1. The van der Waals surface area contributed by atoms with E-state index in [1.807, 2.05) is 0 Å². The molecule has 1 N–H and O–H groups in total. The summed E-state index contributed by atoms with van der Waals surface area (Å²) >= 11 is 0. The third-order valence-corrected chi connectivity index (χ3v) is 3.24. The van der Waals surface area contributed by atoms with Gasteiger partial charge in [0.2, 0.25) is 0 Å². The van der Waals surface area contributed by atoms with Gasteiger partial charge >= 0.3 is 12.5 Å². The maximum Gasteiger partial charge on any atom is 0.573 e. The highest BCUT2D eigenvalue weighted by Crippen LogP contribution is 2.30. The molecule has 0 aliphatic heterocycles. The first kappa shape index (κ1) is 21.4. The van der Waals surface area contributed by atoms with Gasteiger partial charge in [-0.2, -0.15) is 0 Å². The quantitative estimate of drug-likeness (QED) is 0.739. The number of rotatable bonds is 4. The SMILES string of the molecule is CC(C)(C)OC(=O)N[C@@H](c1ccc(OC(F)(F)F)c(F)c1)c1ncccc1F. The number of alkyl halides is 3. The summed E-state index contributed by atoms with van der Waals surface area (Å²) < 4.78 is 73.9. The van der Waals surface area contributed by atoms with Crippen molar-refractivity contribution in [3.63, 3.8) is 0 Å². The molecule has 1 heterocycles. The van der Waals surface area contributed by atoms with Crippen molar-refractivity contribution < 1.29 is 36.2 Å². The Kier molecular flexibility index (Phi) is 6.10. The van der Waals surface area contributed by atoms with Crippen molar-refractivity contribution in [2.24, 2.45) is 0 Å². The average molecular weight is 404 g/mol. The van der Waals surface area contributed by atoms with E-state index < -0.39 is 41.5 Å². The Morgan fingerprint density at radius 1 is 1.11 bits per heavy atom. The molecule has 0 unspecified atom stereocenters. The molecule has 1 amide bonds. The highest BCUT2D eigenvalue weighted by atomic mass is 19.4. The number of carbonyl (C=O) groups is 1. The number of alkyl carbamates (subject to hydrolysis) is 1. The Hall–Kier alpha value is -2.91. The predicted molar refractivity (Wildman–Crippen MR) is 88.5 cm³/mol. The van der Waals surface area contributed by atoms with E-state index in [2.05, 4.69) is 15.0 Å². The van der Waals surface area contributed by atoms with Gasteiger partial charge in [0.15, 0.2) is 11.6 Å². The van der Waals surface area contributed by atoms with Gasteiger partial charge in [0, 0.05) is 6.20 Å². The standard InChI is InChI=1S/C18H17F5N2O3/c1-17(2,3)28-16(26)25-14(15-11(19)5-4-8-24-15)10-6-7-13(12(20)9-10)27-18(21,22)23/h4-9,14H,1-3H3,(H,25,26)/t14-/m0/s1. The monoisotopic (exact) mass is 404 g/mol. The first-order chi connectivity index (χ1) is 12.9. The van der Waals surface area contributed by atoms with E-state index in [-0.39, 0.29) is 11.3 Å². The number of nitrogens with one attached hydrogen (secondary N) is 1. The highest BCUT2D eigenvalue weighted by Gasteiger charge is 2.33. The van der Waals surface area contributed by atoms with Gasteiger partial charge in [-0.15, -0.1) is 13.2 Å². The van der Waals surface area contributed by atoms with Crippen molar-refractivity contribution in [3.05, 3.63) is 59.4 Å². The van der Waals surface area contributed by atoms with Gasteiger partial charge < -0.3 is 14.8 Å². The lowest BCUT2D eigenvalue weighted by Gasteiger charge is -2.24. The Labute approximate surface area is 157 Å². The third kappa shape index (κ3) is 6.07. The van der Waals surface area contributed by atoms with Crippen LogP contribution in [0.15, 0.2) is 36.5 Å². The maximum atomic E-state index is 14.2. The Balaban J connectivity index is 2.40. The van der Waals surface area contributed by atoms with Crippen LogP contribution in [0.4, 0.5) is 26.7 Å². The molecule has 2 aromatic rings. The minimum Gasteiger partial charge on any atom is -0.444 e. The summed E-state index contributed by atoms with van der Waals surface area (Å²) in [5, 5.41) is 2.35. The molecule has 0 radical (unpaired) electrons. The van der Waals surface area contributed by atoms with Crippen LogP contribution in [0.1, 0.15) is 38.1 Å². The van der Waals surface area contributed by atoms with Crippen molar-refractivity contribution >= 4 is 6.09 Å². The first-order valence-electron chi connectivity index (χ1n) is 8.01. The summed E-state index contributed by atoms with van der Waals surface area (Å²) in [6.45, 7) is 4.81. The molecule has 0 saturated carbocycles. The smallest absolute Gasteiger partial charge is 0.444 e. The van der Waals surface area contributed by atoms with Crippen LogP contribution >= 0.6 is 0 Å². The van der Waals surface area contributed by atoms with Gasteiger partial charge in [-0.1, -0.05) is 6.07 Å². The van der Waals surface area contributed by atoms with Gasteiger partial charge in [-0.25, -0.2) is 13.6 Å². The van der Waals surface area contributed by atoms with Crippen molar-refractivity contribution in [2.45, 2.75) is 38.8 Å². The maximum absolute atomic E-state index is 14.2. The molecule has 0 spiro atoms. The van der Waals surface area contributed by atoms with E-state index in [0.29, 0.717) is 6.07 Å². The summed E-state index contributed by atoms with van der Waals surface area (Å²) in [5.74, 6) is -3.21. The number of aromatic nitrogens is 1. The van der Waals surface area contributed by atoms with Crippen molar-refractivity contribution in [2.75, 3.05) is 0 Å². The van der Waals surface area contributed by atoms with Crippen LogP contribution in [-0.2, 0) is 4.74 Å². The number of hydrogen-bond donors (Lipinski definition) is 1. The second-order valence-electron chi connectivity index (χ2n) is 6.69. The minimum atomic E-state index is -5.08. The second kappa shape index (κ2) is 7.99. The Morgan fingerprint density at radius 2 is 1.79 bits per heavy atom. The van der Waals surface area contributed by atoms with Crippen molar-refractivity contribution in [1.82, 2.24) is 10.3 Å². The van der Waals surface area contributed by atoms with E-state index in [4.69, 9.17) is 4.74 Å². The number of pyridine rings is 1. The van der Waals surface area contributed by atoms with Crippen LogP contribution in [0.25, 0.3) is 0 Å². The fourth-order valence-electron chi connectivity index (χ4n) is 2.25. The zero-order valence-electron chi connectivity index (χ0n) is 15.1. The normalized spacial score (nSPS) is 13.0. The molecule has 2 rings (SSSR count). The molecule has 28 heavy (non-hydrogen) atoms. The number of ether oxygens (including phenoxy) is 2. The van der Waals surface area contributed by atoms with Gasteiger partial charge in [0.05, 0.1) is 0 Å². The van der Waals surface area contributed by atoms with Gasteiger partial charge in [-0.3, -0.25) is 4.98 Å². The predicted octanol–water partition coefficient (Wildman–Crippen LogP) is 4.87. The molecule has 10 heteroatoms. The van der Waals surface area contributed by atoms with Crippen LogP contribution < -0.4 is 10.1 Å². The lowest BCUT2D eigenvalue weighted by molar-refractivity contribution is -0.275. The van der Waals surface area contributed by atoms with E-state index in [1.165, 1.54) is 12.3 Å². The summed E-state index contributed by atoms with van der Waals surface area (Å²) in [6, 6.07) is 3.54. The number of benzene rings is 1. The number of nitrogens with zero attached hydrogens (tertiary/aromatic N) is 1. The van der Waals surface area contributed by atoms with E-state index in [9.17, 15) is 26.7 Å². The van der Waals surface area contributed by atoms with Crippen LogP contribution in [-0.4, -0.2) is 23.0 Å². The summed E-state index contributed by atoms with van der Waals surface area (Å²) in [5.41, 5.74) is -1.19. The van der Waals surface area contributed by atoms with E-state index >= 15 is 0 Å². The van der Waals surface area contributed by atoms with Crippen LogP contribution in [0.2, 0.25) is 0 Å². The van der Waals surface area contributed by atoms with Crippen LogP contribution in [0.3, 0.4) is 0 Å². The van der Waals surface area contributed by atoms with Crippen LogP contribution in [0.5, 0.6) is 5.75 Å². The topological polar surface area (TPSA) is 60.5 Å². The van der Waals surface area contributed by atoms with Gasteiger partial charge in [0.25, 0.3) is 0 Å². The molecule has 0 fully saturated rings. The van der Waals surface area contributed by atoms with Crippen molar-refractivity contribution in [1.29, 1.82) is 0 Å². The molecule has 0 aliphatic carbocycles. The van der Waals surface area contributed by atoms with Crippen molar-refractivity contribution in [3.8, 4) is 5.75 Å². The molecule has 1 aromatic carbocycles. The molecule has 1 atom stereocenters. The van der Waals surface area contributed by atoms with Gasteiger partial charge in [0.1, 0.15) is 23.2 Å². The number of halogens is 5. The van der Waals surface area contributed by atoms with Crippen LogP contribution in [0, 0.1) is 11.6 Å².